The molecular formula is C10H9F3N2O5S. The first-order valence-electron chi connectivity index (χ1n) is 5.55. The zero-order valence-electron chi connectivity index (χ0n) is 10.2. The van der Waals surface area contributed by atoms with E-state index in [0.29, 0.717) is 0 Å². The van der Waals surface area contributed by atoms with Crippen molar-refractivity contribution >= 4 is 16.4 Å². The monoisotopic (exact) mass is 326 g/mol. The Hall–Kier alpha value is -1.88. The van der Waals surface area contributed by atoms with Crippen LogP contribution in [0.25, 0.3) is 0 Å². The van der Waals surface area contributed by atoms with Gasteiger partial charge in [-0.15, -0.1) is 0 Å². The van der Waals surface area contributed by atoms with Crippen LogP contribution in [-0.4, -0.2) is 41.6 Å². The zero-order valence-corrected chi connectivity index (χ0v) is 11.1. The second kappa shape index (κ2) is 5.15. The van der Waals surface area contributed by atoms with Crippen molar-refractivity contribution in [1.82, 2.24) is 9.29 Å². The molecule has 11 heteroatoms. The molecule has 0 radical (unpaired) electrons. The lowest BCUT2D eigenvalue weighted by Gasteiger charge is -2.17. The highest BCUT2D eigenvalue weighted by molar-refractivity contribution is 7.85. The van der Waals surface area contributed by atoms with Crippen molar-refractivity contribution in [2.24, 2.45) is 0 Å². The summed E-state index contributed by atoms with van der Waals surface area (Å²) >= 11 is 0. The van der Waals surface area contributed by atoms with Crippen molar-refractivity contribution in [3.05, 3.63) is 29.6 Å². The zero-order chi connectivity index (χ0) is 15.8. The van der Waals surface area contributed by atoms with Crippen molar-refractivity contribution in [2.45, 2.75) is 18.6 Å². The fourth-order valence-electron chi connectivity index (χ4n) is 1.85. The number of nitrogens with zero attached hydrogens (tertiary/aromatic N) is 2. The summed E-state index contributed by atoms with van der Waals surface area (Å²) in [6.45, 7) is -0.393. The maximum atomic E-state index is 12.3. The Morgan fingerprint density at radius 3 is 2.62 bits per heavy atom. The van der Waals surface area contributed by atoms with Gasteiger partial charge in [0.1, 0.15) is 5.69 Å². The number of hydrogen-bond donors (Lipinski definition) is 1. The van der Waals surface area contributed by atoms with Gasteiger partial charge in [0.05, 0.1) is 12.6 Å². The summed E-state index contributed by atoms with van der Waals surface area (Å²) in [4.78, 5) is 14.1. The molecule has 0 aliphatic carbocycles. The topological polar surface area (TPSA) is 96.8 Å². The van der Waals surface area contributed by atoms with Crippen molar-refractivity contribution in [3.63, 3.8) is 0 Å². The van der Waals surface area contributed by atoms with Crippen LogP contribution in [0.1, 0.15) is 11.3 Å². The second-order valence-electron chi connectivity index (χ2n) is 4.23. The molecule has 0 bridgehead atoms. The van der Waals surface area contributed by atoms with E-state index in [1.165, 1.54) is 0 Å². The molecule has 1 aliphatic rings. The third-order valence-electron chi connectivity index (χ3n) is 2.76. The van der Waals surface area contributed by atoms with Gasteiger partial charge in [0.25, 0.3) is 0 Å². The molecule has 1 aliphatic heterocycles. The van der Waals surface area contributed by atoms with Gasteiger partial charge < -0.3 is 5.11 Å². The summed E-state index contributed by atoms with van der Waals surface area (Å²) in [6.07, 6.45) is -5.49. The highest BCUT2D eigenvalue weighted by Gasteiger charge is 2.42. The fraction of sp³-hybridized carbons (Fsp3) is 0.400. The minimum atomic E-state index is -4.58. The summed E-state index contributed by atoms with van der Waals surface area (Å²) in [5.41, 5.74) is -0.823. The van der Waals surface area contributed by atoms with Crippen LogP contribution in [0.4, 0.5) is 18.0 Å². The molecule has 0 spiro atoms. The first kappa shape index (κ1) is 15.5. The van der Waals surface area contributed by atoms with Crippen LogP contribution < -0.4 is 0 Å². The van der Waals surface area contributed by atoms with Crippen LogP contribution in [0.3, 0.4) is 0 Å². The van der Waals surface area contributed by atoms with E-state index < -0.39 is 40.9 Å². The largest absolute Gasteiger partial charge is 0.464 e. The number of halogens is 3. The van der Waals surface area contributed by atoms with E-state index >= 15 is 0 Å². The Bertz CT molecular complexity index is 644. The Morgan fingerprint density at radius 1 is 1.48 bits per heavy atom. The minimum absolute atomic E-state index is 0.128. The molecule has 1 N–H and O–H groups in total. The number of carbonyl (C=O) groups is 1. The van der Waals surface area contributed by atoms with Crippen LogP contribution in [0.15, 0.2) is 18.3 Å². The van der Waals surface area contributed by atoms with Gasteiger partial charge in [-0.05, 0) is 18.1 Å². The SMILES string of the molecule is O=C(O)N1[C@@H](Cc2ccc(C(F)(F)F)nc2)COS1(=O)=O. The molecule has 1 fully saturated rings. The maximum absolute atomic E-state index is 12.3. The Morgan fingerprint density at radius 2 is 2.14 bits per heavy atom. The van der Waals surface area contributed by atoms with Gasteiger partial charge in [0.15, 0.2) is 0 Å². The second-order valence-corrected chi connectivity index (χ2v) is 5.71. The maximum Gasteiger partial charge on any atom is 0.433 e. The van der Waals surface area contributed by atoms with Gasteiger partial charge in [-0.25, -0.2) is 4.79 Å². The van der Waals surface area contributed by atoms with Crippen LogP contribution in [0.5, 0.6) is 0 Å². The number of amides is 1. The first-order valence-corrected chi connectivity index (χ1v) is 6.91. The molecule has 2 rings (SSSR count). The van der Waals surface area contributed by atoms with Crippen LogP contribution >= 0.6 is 0 Å². The van der Waals surface area contributed by atoms with E-state index in [9.17, 15) is 26.4 Å². The molecule has 0 unspecified atom stereocenters. The first-order chi connectivity index (χ1) is 9.61. The molecule has 0 aromatic carbocycles. The lowest BCUT2D eigenvalue weighted by Crippen LogP contribution is -2.39. The number of alkyl halides is 3. The molecule has 21 heavy (non-hydrogen) atoms. The van der Waals surface area contributed by atoms with Gasteiger partial charge in [-0.1, -0.05) is 6.07 Å². The standard InChI is InChI=1S/C10H9F3N2O5S/c11-10(12,13)8-2-1-6(4-14-8)3-7-5-20-21(18,19)15(7)9(16)17/h1-2,4,7H,3,5H2,(H,16,17)/t7-/m0/s1. The van der Waals surface area contributed by atoms with E-state index in [1.807, 2.05) is 0 Å². The average molecular weight is 326 g/mol. The van der Waals surface area contributed by atoms with Crippen molar-refractivity contribution in [2.75, 3.05) is 6.61 Å². The van der Waals surface area contributed by atoms with Crippen molar-refractivity contribution < 1.29 is 35.7 Å². The molecular weight excluding hydrogens is 317 g/mol. The molecule has 1 aromatic heterocycles. The van der Waals surface area contributed by atoms with Gasteiger partial charge in [-0.3, -0.25) is 9.17 Å². The third-order valence-corrected chi connectivity index (χ3v) is 4.13. The van der Waals surface area contributed by atoms with E-state index in [4.69, 9.17) is 5.11 Å². The fourth-order valence-corrected chi connectivity index (χ4v) is 2.98. The van der Waals surface area contributed by atoms with E-state index in [1.54, 1.807) is 0 Å². The van der Waals surface area contributed by atoms with E-state index in [-0.39, 0.29) is 16.3 Å². The van der Waals surface area contributed by atoms with Crippen molar-refractivity contribution in [1.29, 1.82) is 0 Å². The Labute approximate surface area is 117 Å². The summed E-state index contributed by atoms with van der Waals surface area (Å²) in [6, 6.07) is 0.817. The van der Waals surface area contributed by atoms with E-state index in [0.717, 1.165) is 18.3 Å². The summed E-state index contributed by atoms with van der Waals surface area (Å²) in [5, 5.41) is 8.85. The third kappa shape index (κ3) is 3.24. The number of pyridine rings is 1. The molecule has 0 saturated carbocycles. The molecule has 1 amide bonds. The van der Waals surface area contributed by atoms with Crippen LogP contribution in [-0.2, 0) is 27.1 Å². The van der Waals surface area contributed by atoms with Crippen molar-refractivity contribution in [3.8, 4) is 0 Å². The number of aromatic nitrogens is 1. The normalized spacial score (nSPS) is 21.5. The minimum Gasteiger partial charge on any atom is -0.464 e. The summed E-state index contributed by atoms with van der Waals surface area (Å²) in [5.74, 6) is 0. The highest BCUT2D eigenvalue weighted by atomic mass is 32.2. The Kier molecular flexibility index (Phi) is 3.80. The van der Waals surface area contributed by atoms with Crippen LogP contribution in [0, 0.1) is 0 Å². The molecule has 1 aromatic rings. The number of rotatable bonds is 2. The summed E-state index contributed by atoms with van der Waals surface area (Å²) < 4.78 is 64.3. The predicted octanol–water partition coefficient (Wildman–Crippen LogP) is 1.27. The molecule has 1 atom stereocenters. The number of carboxylic acid groups (broad SMARTS) is 1. The van der Waals surface area contributed by atoms with Crippen LogP contribution in [0.2, 0.25) is 0 Å². The average Bonchev–Trinajstić information content (AvgIpc) is 2.64. The van der Waals surface area contributed by atoms with E-state index in [2.05, 4.69) is 9.17 Å². The molecule has 1 saturated heterocycles. The van der Waals surface area contributed by atoms with Gasteiger partial charge in [0.2, 0.25) is 0 Å². The quantitative estimate of drug-likeness (QED) is 0.879. The molecule has 116 valence electrons. The Balaban J connectivity index is 2.17. The molecule has 2 heterocycles. The van der Waals surface area contributed by atoms with Gasteiger partial charge in [0, 0.05) is 6.20 Å². The smallest absolute Gasteiger partial charge is 0.433 e. The van der Waals surface area contributed by atoms with Gasteiger partial charge >= 0.3 is 22.6 Å². The number of hydrogen-bond acceptors (Lipinski definition) is 5. The van der Waals surface area contributed by atoms with Gasteiger partial charge in [-0.2, -0.15) is 25.9 Å². The molecule has 7 nitrogen and oxygen atoms in total. The summed E-state index contributed by atoms with van der Waals surface area (Å²) in [7, 11) is -4.35. The lowest BCUT2D eigenvalue weighted by atomic mass is 10.1. The highest BCUT2D eigenvalue weighted by Crippen LogP contribution is 2.28. The predicted molar refractivity (Wildman–Crippen MR) is 61.5 cm³/mol. The lowest BCUT2D eigenvalue weighted by molar-refractivity contribution is -0.141.